The Bertz CT molecular complexity index is 656. The number of carbonyl (C=O) groups is 1. The van der Waals surface area contributed by atoms with Crippen LogP contribution in [0.25, 0.3) is 6.08 Å². The van der Waals surface area contributed by atoms with E-state index in [1.807, 2.05) is 48.5 Å². The Morgan fingerprint density at radius 3 is 2.48 bits per heavy atom. The summed E-state index contributed by atoms with van der Waals surface area (Å²) >= 11 is 5.88. The van der Waals surface area contributed by atoms with E-state index in [1.165, 1.54) is 5.56 Å². The predicted molar refractivity (Wildman–Crippen MR) is 87.3 cm³/mol. The summed E-state index contributed by atoms with van der Waals surface area (Å²) in [5, 5.41) is 0.719. The Kier molecular flexibility index (Phi) is 4.21. The average Bonchev–Trinajstić information content (AvgIpc) is 2.84. The van der Waals surface area contributed by atoms with Crippen LogP contribution < -0.4 is 0 Å². The first-order chi connectivity index (χ1) is 10.2. The van der Waals surface area contributed by atoms with E-state index in [2.05, 4.69) is 12.1 Å². The molecule has 21 heavy (non-hydrogen) atoms. The Hall–Kier alpha value is -1.86. The smallest absolute Gasteiger partial charge is 0.162 e. The molecule has 0 heterocycles. The zero-order valence-corrected chi connectivity index (χ0v) is 12.5. The Morgan fingerprint density at radius 2 is 1.76 bits per heavy atom. The highest BCUT2D eigenvalue weighted by molar-refractivity contribution is 6.30. The van der Waals surface area contributed by atoms with Gasteiger partial charge in [0.05, 0.1) is 0 Å². The summed E-state index contributed by atoms with van der Waals surface area (Å²) in [6.07, 6.45) is 4.67. The molecular formula is C19H17ClO. The van der Waals surface area contributed by atoms with Gasteiger partial charge in [0.15, 0.2) is 5.78 Å². The molecule has 1 fully saturated rings. The third kappa shape index (κ3) is 3.43. The van der Waals surface area contributed by atoms with Crippen molar-refractivity contribution in [2.45, 2.75) is 19.3 Å². The highest BCUT2D eigenvalue weighted by atomic mass is 35.5. The topological polar surface area (TPSA) is 17.1 Å². The van der Waals surface area contributed by atoms with Crippen LogP contribution in [0, 0.1) is 5.92 Å². The van der Waals surface area contributed by atoms with Gasteiger partial charge in [-0.05, 0) is 54.2 Å². The highest BCUT2D eigenvalue weighted by Crippen LogP contribution is 2.31. The fourth-order valence-electron chi connectivity index (χ4n) is 2.84. The summed E-state index contributed by atoms with van der Waals surface area (Å²) in [6, 6.07) is 17.9. The van der Waals surface area contributed by atoms with Crippen molar-refractivity contribution in [3.05, 3.63) is 76.3 Å². The van der Waals surface area contributed by atoms with E-state index in [4.69, 9.17) is 11.6 Å². The lowest BCUT2D eigenvalue weighted by atomic mass is 9.96. The number of rotatable bonds is 3. The normalized spacial score (nSPS) is 20.1. The molecule has 0 aliphatic heterocycles. The van der Waals surface area contributed by atoms with Crippen LogP contribution in [-0.2, 0) is 11.2 Å². The summed E-state index contributed by atoms with van der Waals surface area (Å²) in [6.45, 7) is 0. The van der Waals surface area contributed by atoms with Crippen LogP contribution in [-0.4, -0.2) is 5.78 Å². The second kappa shape index (κ2) is 6.28. The number of hydrogen-bond donors (Lipinski definition) is 0. The molecule has 3 rings (SSSR count). The minimum Gasteiger partial charge on any atom is -0.294 e. The van der Waals surface area contributed by atoms with Crippen LogP contribution in [0.5, 0.6) is 0 Å². The van der Waals surface area contributed by atoms with Crippen molar-refractivity contribution in [1.82, 2.24) is 0 Å². The van der Waals surface area contributed by atoms with Crippen molar-refractivity contribution >= 4 is 23.5 Å². The Balaban J connectivity index is 1.73. The van der Waals surface area contributed by atoms with Crippen LogP contribution in [0.3, 0.4) is 0 Å². The summed E-state index contributed by atoms with van der Waals surface area (Å²) < 4.78 is 0. The molecule has 1 nitrogen and oxygen atoms in total. The van der Waals surface area contributed by atoms with Crippen LogP contribution in [0.15, 0.2) is 60.2 Å². The first-order valence-electron chi connectivity index (χ1n) is 7.26. The van der Waals surface area contributed by atoms with Crippen molar-refractivity contribution in [1.29, 1.82) is 0 Å². The number of allylic oxidation sites excluding steroid dienone is 1. The van der Waals surface area contributed by atoms with E-state index in [0.29, 0.717) is 5.78 Å². The van der Waals surface area contributed by atoms with Crippen molar-refractivity contribution in [3.63, 3.8) is 0 Å². The minimum atomic E-state index is 0.131. The minimum absolute atomic E-state index is 0.131. The maximum Gasteiger partial charge on any atom is 0.162 e. The summed E-state index contributed by atoms with van der Waals surface area (Å²) in [7, 11) is 0. The molecular weight excluding hydrogens is 280 g/mol. The number of Topliss-reactive ketones (excluding diaryl/α,β-unsaturated/α-hetero) is 1. The van der Waals surface area contributed by atoms with Gasteiger partial charge in [-0.3, -0.25) is 4.79 Å². The number of hydrogen-bond acceptors (Lipinski definition) is 1. The molecule has 0 radical (unpaired) electrons. The molecule has 0 bridgehead atoms. The largest absolute Gasteiger partial charge is 0.294 e. The zero-order chi connectivity index (χ0) is 14.7. The quantitative estimate of drug-likeness (QED) is 0.733. The van der Waals surface area contributed by atoms with Gasteiger partial charge in [-0.2, -0.15) is 0 Å². The van der Waals surface area contributed by atoms with Gasteiger partial charge >= 0.3 is 0 Å². The fraction of sp³-hybridized carbons (Fsp3) is 0.211. The third-order valence-electron chi connectivity index (χ3n) is 3.99. The highest BCUT2D eigenvalue weighted by Gasteiger charge is 2.28. The molecule has 106 valence electrons. The average molecular weight is 297 g/mol. The van der Waals surface area contributed by atoms with Gasteiger partial charge in [-0.15, -0.1) is 0 Å². The van der Waals surface area contributed by atoms with Gasteiger partial charge < -0.3 is 0 Å². The molecule has 0 amide bonds. The van der Waals surface area contributed by atoms with E-state index in [0.717, 1.165) is 35.4 Å². The lowest BCUT2D eigenvalue weighted by molar-refractivity contribution is -0.117. The van der Waals surface area contributed by atoms with E-state index >= 15 is 0 Å². The first-order valence-corrected chi connectivity index (χ1v) is 7.64. The van der Waals surface area contributed by atoms with Crippen molar-refractivity contribution in [2.24, 2.45) is 5.92 Å². The Morgan fingerprint density at radius 1 is 1.05 bits per heavy atom. The molecule has 1 aliphatic rings. The molecule has 1 aliphatic carbocycles. The molecule has 2 aromatic rings. The molecule has 2 heteroatoms. The number of carbonyl (C=O) groups excluding carboxylic acids is 1. The molecule has 0 spiro atoms. The van der Waals surface area contributed by atoms with Crippen LogP contribution in [0.4, 0.5) is 0 Å². The van der Waals surface area contributed by atoms with Crippen molar-refractivity contribution < 1.29 is 4.79 Å². The van der Waals surface area contributed by atoms with E-state index in [-0.39, 0.29) is 5.92 Å². The van der Waals surface area contributed by atoms with E-state index in [1.54, 1.807) is 0 Å². The van der Waals surface area contributed by atoms with Gasteiger partial charge in [0.2, 0.25) is 0 Å². The van der Waals surface area contributed by atoms with Crippen LogP contribution in [0.2, 0.25) is 5.02 Å². The predicted octanol–water partition coefficient (Wildman–Crippen LogP) is 4.95. The van der Waals surface area contributed by atoms with Gasteiger partial charge in [0.1, 0.15) is 0 Å². The van der Waals surface area contributed by atoms with Crippen molar-refractivity contribution in [3.8, 4) is 0 Å². The molecule has 2 aromatic carbocycles. The molecule has 1 unspecified atom stereocenters. The Labute approximate surface area is 130 Å². The third-order valence-corrected chi connectivity index (χ3v) is 4.24. The summed E-state index contributed by atoms with van der Waals surface area (Å²) in [5.41, 5.74) is 3.23. The maximum atomic E-state index is 12.5. The zero-order valence-electron chi connectivity index (χ0n) is 11.8. The monoisotopic (exact) mass is 296 g/mol. The lowest BCUT2D eigenvalue weighted by Gasteiger charge is -2.07. The molecule has 0 saturated heterocycles. The standard InChI is InChI=1S/C19H17ClO/c20-18-10-6-15(7-11-18)13-17-9-8-16(19(17)21)12-14-4-2-1-3-5-14/h1-7,10-11,13,16H,8-9,12H2. The SMILES string of the molecule is O=C1C(=Cc2ccc(Cl)cc2)CCC1Cc1ccccc1. The molecule has 1 saturated carbocycles. The van der Waals surface area contributed by atoms with Crippen LogP contribution in [0.1, 0.15) is 24.0 Å². The number of ketones is 1. The van der Waals surface area contributed by atoms with Crippen LogP contribution >= 0.6 is 11.6 Å². The fourth-order valence-corrected chi connectivity index (χ4v) is 2.97. The summed E-state index contributed by atoms with van der Waals surface area (Å²) in [5.74, 6) is 0.430. The van der Waals surface area contributed by atoms with Crippen molar-refractivity contribution in [2.75, 3.05) is 0 Å². The van der Waals surface area contributed by atoms with E-state index in [9.17, 15) is 4.79 Å². The maximum absolute atomic E-state index is 12.5. The van der Waals surface area contributed by atoms with Gasteiger partial charge in [-0.25, -0.2) is 0 Å². The second-order valence-electron chi connectivity index (χ2n) is 5.51. The molecule has 1 atom stereocenters. The second-order valence-corrected chi connectivity index (χ2v) is 5.95. The first kappa shape index (κ1) is 14.1. The number of benzene rings is 2. The van der Waals surface area contributed by atoms with Gasteiger partial charge in [0, 0.05) is 10.9 Å². The number of halogens is 1. The molecule has 0 N–H and O–H groups in total. The van der Waals surface area contributed by atoms with E-state index < -0.39 is 0 Å². The van der Waals surface area contributed by atoms with Gasteiger partial charge in [-0.1, -0.05) is 54.1 Å². The molecule has 0 aromatic heterocycles. The van der Waals surface area contributed by atoms with Gasteiger partial charge in [0.25, 0.3) is 0 Å². The summed E-state index contributed by atoms with van der Waals surface area (Å²) in [4.78, 5) is 12.5. The lowest BCUT2D eigenvalue weighted by Crippen LogP contribution is -2.10.